The van der Waals surface area contributed by atoms with E-state index in [1.165, 1.54) is 16.3 Å². The lowest BCUT2D eigenvalue weighted by atomic mass is 9.87. The van der Waals surface area contributed by atoms with Crippen LogP contribution in [0.1, 0.15) is 17.5 Å². The molecule has 3 aromatic carbocycles. The molecule has 7 heteroatoms. The van der Waals surface area contributed by atoms with Gasteiger partial charge in [0, 0.05) is 58.9 Å². The molecule has 2 saturated heterocycles. The Balaban J connectivity index is 1.13. The SMILES string of the molecule is CN1CCN(C[C@H]2C[C@@H](C(=O)NCc3ccc4c(c3)OCO4)CN(Cc3ccc4ccccc4c3)C2)CC1. The summed E-state index contributed by atoms with van der Waals surface area (Å²) < 4.78 is 10.9. The molecule has 1 N–H and O–H groups in total. The first kappa shape index (κ1) is 25.2. The van der Waals surface area contributed by atoms with Crippen LogP contribution in [0.2, 0.25) is 0 Å². The van der Waals surface area contributed by atoms with Crippen LogP contribution < -0.4 is 14.8 Å². The van der Waals surface area contributed by atoms with Crippen molar-refractivity contribution in [1.29, 1.82) is 0 Å². The summed E-state index contributed by atoms with van der Waals surface area (Å²) in [7, 11) is 2.20. The Morgan fingerprint density at radius 2 is 1.66 bits per heavy atom. The topological polar surface area (TPSA) is 57.3 Å². The molecule has 7 nitrogen and oxygen atoms in total. The van der Waals surface area contributed by atoms with Crippen molar-refractivity contribution in [2.75, 3.05) is 59.7 Å². The molecule has 0 unspecified atom stereocenters. The minimum absolute atomic E-state index is 0.0179. The highest BCUT2D eigenvalue weighted by molar-refractivity contribution is 5.83. The minimum Gasteiger partial charge on any atom is -0.454 e. The molecule has 38 heavy (non-hydrogen) atoms. The Hall–Kier alpha value is -3.13. The molecule has 0 saturated carbocycles. The molecule has 2 fully saturated rings. The van der Waals surface area contributed by atoms with Crippen LogP contribution in [0, 0.1) is 11.8 Å². The first-order chi connectivity index (χ1) is 18.6. The second-order valence-corrected chi connectivity index (χ2v) is 11.2. The molecule has 6 rings (SSSR count). The Labute approximate surface area is 225 Å². The van der Waals surface area contributed by atoms with Crippen molar-refractivity contribution in [1.82, 2.24) is 20.0 Å². The van der Waals surface area contributed by atoms with Crippen molar-refractivity contribution in [2.45, 2.75) is 19.5 Å². The van der Waals surface area contributed by atoms with Gasteiger partial charge in [0.15, 0.2) is 11.5 Å². The van der Waals surface area contributed by atoms with Gasteiger partial charge >= 0.3 is 0 Å². The van der Waals surface area contributed by atoms with E-state index in [1.54, 1.807) is 0 Å². The highest BCUT2D eigenvalue weighted by Gasteiger charge is 2.33. The molecule has 0 bridgehead atoms. The number of fused-ring (bicyclic) bond motifs is 2. The molecule has 3 aromatic rings. The van der Waals surface area contributed by atoms with E-state index >= 15 is 0 Å². The van der Waals surface area contributed by atoms with Gasteiger partial charge in [0.2, 0.25) is 12.7 Å². The number of ether oxygens (including phenoxy) is 2. The van der Waals surface area contributed by atoms with Crippen LogP contribution in [0.3, 0.4) is 0 Å². The van der Waals surface area contributed by atoms with Crippen LogP contribution in [0.5, 0.6) is 11.5 Å². The molecular formula is C31H38N4O3. The second kappa shape index (κ2) is 11.3. The van der Waals surface area contributed by atoms with Crippen LogP contribution in [-0.2, 0) is 17.9 Å². The van der Waals surface area contributed by atoms with Gasteiger partial charge in [-0.2, -0.15) is 0 Å². The van der Waals surface area contributed by atoms with E-state index in [4.69, 9.17) is 9.47 Å². The molecule has 3 heterocycles. The first-order valence-corrected chi connectivity index (χ1v) is 13.9. The van der Waals surface area contributed by atoms with Crippen LogP contribution in [0.4, 0.5) is 0 Å². The number of carbonyl (C=O) groups excluding carboxylic acids is 1. The van der Waals surface area contributed by atoms with Gasteiger partial charge in [-0.3, -0.25) is 9.69 Å². The summed E-state index contributed by atoms with van der Waals surface area (Å²) in [6.45, 7) is 8.97. The highest BCUT2D eigenvalue weighted by Crippen LogP contribution is 2.32. The second-order valence-electron chi connectivity index (χ2n) is 11.2. The van der Waals surface area contributed by atoms with E-state index in [0.717, 1.165) is 75.8 Å². The maximum Gasteiger partial charge on any atom is 0.231 e. The molecule has 0 spiro atoms. The third kappa shape index (κ3) is 5.96. The molecule has 3 aliphatic rings. The van der Waals surface area contributed by atoms with Crippen molar-refractivity contribution in [3.05, 3.63) is 71.8 Å². The molecule has 0 aliphatic carbocycles. The van der Waals surface area contributed by atoms with Crippen molar-refractivity contribution in [2.24, 2.45) is 11.8 Å². The van der Waals surface area contributed by atoms with Gasteiger partial charge in [-0.1, -0.05) is 42.5 Å². The number of nitrogens with one attached hydrogen (secondary N) is 1. The lowest BCUT2D eigenvalue weighted by Gasteiger charge is -2.41. The standard InChI is InChI=1S/C31H38N4O3/c1-33-10-12-34(13-11-33)19-25-15-28(31(36)32-17-23-7-9-29-30(16-23)38-22-37-29)21-35(20-25)18-24-6-8-26-4-2-3-5-27(26)14-24/h2-9,14,16,25,28H,10-13,15,17-22H2,1H3,(H,32,36)/t25-,28-/m1/s1. The normalized spacial score (nSPS) is 22.6. The molecule has 200 valence electrons. The zero-order valence-electron chi connectivity index (χ0n) is 22.3. The van der Waals surface area contributed by atoms with Gasteiger partial charge in [-0.25, -0.2) is 0 Å². The summed E-state index contributed by atoms with van der Waals surface area (Å²) in [6, 6.07) is 21.2. The lowest BCUT2D eigenvalue weighted by molar-refractivity contribution is -0.128. The number of rotatable bonds is 7. The average molecular weight is 515 g/mol. The number of hydrogen-bond acceptors (Lipinski definition) is 6. The predicted molar refractivity (Wildman–Crippen MR) is 149 cm³/mol. The van der Waals surface area contributed by atoms with E-state index in [0.29, 0.717) is 12.5 Å². The minimum atomic E-state index is -0.0179. The lowest BCUT2D eigenvalue weighted by Crippen LogP contribution is -2.51. The molecular weight excluding hydrogens is 476 g/mol. The van der Waals surface area contributed by atoms with E-state index < -0.39 is 0 Å². The Bertz CT molecular complexity index is 1270. The Kier molecular flexibility index (Phi) is 7.49. The maximum atomic E-state index is 13.4. The highest BCUT2D eigenvalue weighted by atomic mass is 16.7. The van der Waals surface area contributed by atoms with Crippen LogP contribution in [0.25, 0.3) is 10.8 Å². The van der Waals surface area contributed by atoms with Crippen molar-refractivity contribution >= 4 is 16.7 Å². The number of nitrogens with zero attached hydrogens (tertiary/aromatic N) is 3. The van der Waals surface area contributed by atoms with Crippen LogP contribution in [0.15, 0.2) is 60.7 Å². The van der Waals surface area contributed by atoms with E-state index in [1.807, 2.05) is 18.2 Å². The van der Waals surface area contributed by atoms with E-state index in [2.05, 4.69) is 69.5 Å². The summed E-state index contributed by atoms with van der Waals surface area (Å²) in [5.41, 5.74) is 2.34. The molecule has 2 atom stereocenters. The number of carbonyl (C=O) groups is 1. The fourth-order valence-corrected chi connectivity index (χ4v) is 6.13. The zero-order chi connectivity index (χ0) is 25.9. The van der Waals surface area contributed by atoms with Crippen LogP contribution >= 0.6 is 0 Å². The van der Waals surface area contributed by atoms with E-state index in [-0.39, 0.29) is 18.6 Å². The number of likely N-dealkylation sites (tertiary alicyclic amines) is 1. The average Bonchev–Trinajstić information content (AvgIpc) is 3.41. The van der Waals surface area contributed by atoms with Gasteiger partial charge < -0.3 is 24.6 Å². The van der Waals surface area contributed by atoms with Gasteiger partial charge in [0.1, 0.15) is 0 Å². The van der Waals surface area contributed by atoms with Gasteiger partial charge in [-0.05, 0) is 59.5 Å². The summed E-state index contributed by atoms with van der Waals surface area (Å²) in [6.07, 6.45) is 0.938. The van der Waals surface area contributed by atoms with Gasteiger partial charge in [0.25, 0.3) is 0 Å². The molecule has 0 aromatic heterocycles. The van der Waals surface area contributed by atoms with Crippen molar-refractivity contribution in [3.8, 4) is 11.5 Å². The smallest absolute Gasteiger partial charge is 0.231 e. The largest absolute Gasteiger partial charge is 0.454 e. The summed E-state index contributed by atoms with van der Waals surface area (Å²) in [5.74, 6) is 2.13. The monoisotopic (exact) mass is 514 g/mol. The van der Waals surface area contributed by atoms with E-state index in [9.17, 15) is 4.79 Å². The van der Waals surface area contributed by atoms with Crippen LogP contribution in [-0.4, -0.2) is 80.3 Å². The number of piperidine rings is 1. The Morgan fingerprint density at radius 3 is 2.53 bits per heavy atom. The number of benzene rings is 3. The van der Waals surface area contributed by atoms with Crippen molar-refractivity contribution < 1.29 is 14.3 Å². The summed E-state index contributed by atoms with van der Waals surface area (Å²) in [5, 5.41) is 5.76. The number of hydrogen-bond donors (Lipinski definition) is 1. The molecule has 3 aliphatic heterocycles. The molecule has 1 amide bonds. The third-order valence-corrected chi connectivity index (χ3v) is 8.22. The predicted octanol–water partition coefficient (Wildman–Crippen LogP) is 3.57. The Morgan fingerprint density at radius 1 is 0.868 bits per heavy atom. The first-order valence-electron chi connectivity index (χ1n) is 13.9. The van der Waals surface area contributed by atoms with Crippen molar-refractivity contribution in [3.63, 3.8) is 0 Å². The fraction of sp³-hybridized carbons (Fsp3) is 0.452. The number of piperazine rings is 1. The summed E-state index contributed by atoms with van der Waals surface area (Å²) in [4.78, 5) is 20.9. The maximum absolute atomic E-state index is 13.4. The zero-order valence-corrected chi connectivity index (χ0v) is 22.3. The van der Waals surface area contributed by atoms with Gasteiger partial charge in [-0.15, -0.1) is 0 Å². The molecule has 0 radical (unpaired) electrons. The number of amides is 1. The fourth-order valence-electron chi connectivity index (χ4n) is 6.13. The van der Waals surface area contributed by atoms with Gasteiger partial charge in [0.05, 0.1) is 5.92 Å². The third-order valence-electron chi connectivity index (χ3n) is 8.22. The summed E-state index contributed by atoms with van der Waals surface area (Å²) >= 11 is 0. The number of likely N-dealkylation sites (N-methyl/N-ethyl adjacent to an activating group) is 1. The quantitative estimate of drug-likeness (QED) is 0.520.